The number of carbonyl (C=O) groups excluding carboxylic acids is 2. The van der Waals surface area contributed by atoms with Gasteiger partial charge in [0, 0.05) is 45.1 Å². The van der Waals surface area contributed by atoms with Gasteiger partial charge in [0.2, 0.25) is 11.8 Å². The molecule has 1 N–H and O–H groups in total. The number of fused-ring (bicyclic) bond motifs is 2. The van der Waals surface area contributed by atoms with Gasteiger partial charge in [0.1, 0.15) is 12.6 Å². The fourth-order valence-corrected chi connectivity index (χ4v) is 4.67. The van der Waals surface area contributed by atoms with Crippen LogP contribution in [0.1, 0.15) is 42.8 Å². The predicted molar refractivity (Wildman–Crippen MR) is 105 cm³/mol. The molecule has 9 heteroatoms. The second-order valence-corrected chi connectivity index (χ2v) is 7.99. The van der Waals surface area contributed by atoms with Crippen molar-refractivity contribution < 1.29 is 14.3 Å². The Bertz CT molecular complexity index is 896. The van der Waals surface area contributed by atoms with Crippen LogP contribution in [0.2, 0.25) is 0 Å². The molecule has 29 heavy (non-hydrogen) atoms. The summed E-state index contributed by atoms with van der Waals surface area (Å²) in [6.07, 6.45) is 7.43. The number of carbonyl (C=O) groups is 2. The first-order valence-electron chi connectivity index (χ1n) is 10.1. The maximum Gasteiger partial charge on any atom is 0.249 e. The highest BCUT2D eigenvalue weighted by Gasteiger charge is 2.49. The Morgan fingerprint density at radius 2 is 2.07 bits per heavy atom. The van der Waals surface area contributed by atoms with Gasteiger partial charge in [0.25, 0.3) is 0 Å². The third kappa shape index (κ3) is 3.33. The van der Waals surface area contributed by atoms with Gasteiger partial charge in [-0.1, -0.05) is 0 Å². The summed E-state index contributed by atoms with van der Waals surface area (Å²) in [5, 5.41) is 4.28. The van der Waals surface area contributed by atoms with E-state index in [1.54, 1.807) is 17.2 Å². The molecule has 1 fully saturated rings. The highest BCUT2D eigenvalue weighted by Crippen LogP contribution is 2.42. The molecule has 4 rings (SSSR count). The van der Waals surface area contributed by atoms with Crippen LogP contribution >= 0.6 is 0 Å². The smallest absolute Gasteiger partial charge is 0.249 e. The fraction of sp³-hybridized carbons (Fsp3) is 0.600. The van der Waals surface area contributed by atoms with Gasteiger partial charge in [0.05, 0.1) is 23.8 Å². The average Bonchev–Trinajstić information content (AvgIpc) is 3.37. The number of methoxy groups -OCH3 is 1. The first-order valence-corrected chi connectivity index (χ1v) is 10.1. The molecule has 0 aliphatic carbocycles. The van der Waals surface area contributed by atoms with Crippen LogP contribution in [0, 0.1) is 6.92 Å². The molecule has 2 amide bonds. The van der Waals surface area contributed by atoms with Crippen LogP contribution in [0.5, 0.6) is 0 Å². The van der Waals surface area contributed by atoms with Gasteiger partial charge < -0.3 is 19.5 Å². The van der Waals surface area contributed by atoms with E-state index in [-0.39, 0.29) is 24.5 Å². The molecule has 1 atom stereocenters. The Balaban J connectivity index is 1.54. The zero-order valence-corrected chi connectivity index (χ0v) is 17.2. The maximum atomic E-state index is 13.0. The summed E-state index contributed by atoms with van der Waals surface area (Å²) in [7, 11) is 1.54. The van der Waals surface area contributed by atoms with Crippen molar-refractivity contribution in [1.82, 2.24) is 29.5 Å². The van der Waals surface area contributed by atoms with Crippen molar-refractivity contribution in [2.24, 2.45) is 0 Å². The molecule has 0 bridgehead atoms. The van der Waals surface area contributed by atoms with E-state index in [9.17, 15) is 9.59 Å². The number of hydrogen-bond acceptors (Lipinski definition) is 5. The van der Waals surface area contributed by atoms with E-state index in [2.05, 4.69) is 15.1 Å². The summed E-state index contributed by atoms with van der Waals surface area (Å²) in [5.41, 5.74) is 2.58. The number of hydrogen-bond donors (Lipinski definition) is 1. The van der Waals surface area contributed by atoms with Gasteiger partial charge in [0.15, 0.2) is 0 Å². The van der Waals surface area contributed by atoms with Crippen LogP contribution in [-0.4, -0.2) is 74.7 Å². The molecule has 2 aromatic heterocycles. The number of nitrogens with one attached hydrogen (secondary N) is 1. The maximum absolute atomic E-state index is 13.0. The second kappa shape index (κ2) is 7.62. The van der Waals surface area contributed by atoms with E-state index >= 15 is 0 Å². The molecule has 1 spiro atoms. The molecule has 0 aromatic carbocycles. The third-order valence-corrected chi connectivity index (χ3v) is 6.22. The van der Waals surface area contributed by atoms with Gasteiger partial charge >= 0.3 is 0 Å². The summed E-state index contributed by atoms with van der Waals surface area (Å²) in [6, 6.07) is -0.351. The van der Waals surface area contributed by atoms with Gasteiger partial charge in [-0.25, -0.2) is 4.98 Å². The van der Waals surface area contributed by atoms with Crippen LogP contribution in [0.15, 0.2) is 18.7 Å². The molecular weight excluding hydrogens is 372 g/mol. The number of imidazole rings is 1. The molecule has 4 heterocycles. The molecule has 2 aromatic rings. The van der Waals surface area contributed by atoms with Gasteiger partial charge in [-0.05, 0) is 32.3 Å². The first kappa shape index (κ1) is 19.6. The van der Waals surface area contributed by atoms with E-state index in [4.69, 9.17) is 4.74 Å². The van der Waals surface area contributed by atoms with Crippen LogP contribution in [0.4, 0.5) is 0 Å². The molecule has 2 aliphatic heterocycles. The highest BCUT2D eigenvalue weighted by atomic mass is 16.5. The Hall–Kier alpha value is -2.68. The number of H-pyrrole nitrogens is 1. The Morgan fingerprint density at radius 1 is 1.31 bits per heavy atom. The van der Waals surface area contributed by atoms with Crippen molar-refractivity contribution in [3.05, 3.63) is 35.7 Å². The zero-order valence-electron chi connectivity index (χ0n) is 17.2. The predicted octanol–water partition coefficient (Wildman–Crippen LogP) is 1.02. The molecule has 1 saturated heterocycles. The van der Waals surface area contributed by atoms with Crippen molar-refractivity contribution >= 4 is 11.8 Å². The number of ether oxygens (including phenoxy) is 1. The summed E-state index contributed by atoms with van der Waals surface area (Å²) in [5.74, 6) is 0.0251. The van der Waals surface area contributed by atoms with E-state index in [1.807, 2.05) is 29.8 Å². The summed E-state index contributed by atoms with van der Waals surface area (Å²) in [4.78, 5) is 37.4. The third-order valence-electron chi connectivity index (χ3n) is 6.22. The normalized spacial score (nSPS) is 19.3. The number of likely N-dealkylation sites (tertiary alicyclic amines) is 1. The summed E-state index contributed by atoms with van der Waals surface area (Å²) >= 11 is 0. The minimum absolute atomic E-state index is 0.0266. The lowest BCUT2D eigenvalue weighted by molar-refractivity contribution is -0.148. The summed E-state index contributed by atoms with van der Waals surface area (Å²) < 4.78 is 6.82. The van der Waals surface area contributed by atoms with Gasteiger partial charge in [-0.3, -0.25) is 14.3 Å². The lowest BCUT2D eigenvalue weighted by Gasteiger charge is -2.50. The quantitative estimate of drug-likeness (QED) is 0.827. The molecule has 0 saturated carbocycles. The van der Waals surface area contributed by atoms with Crippen LogP contribution in [-0.2, 0) is 26.3 Å². The molecule has 9 nitrogen and oxygen atoms in total. The van der Waals surface area contributed by atoms with Crippen molar-refractivity contribution in [2.75, 3.05) is 33.4 Å². The number of piperidine rings is 1. The standard InChI is InChI=1S/C20H28N6O3/c1-14-10-23-26(11-14)15(2)19(28)24-8-5-20(6-9-24)18-16(21-13-22-18)4-7-25(20)17(27)12-29-3/h10-11,13,15H,4-9,12H2,1-3H3,(H,21,22)/t15-/m0/s1. The topological polar surface area (TPSA) is 96.4 Å². The summed E-state index contributed by atoms with van der Waals surface area (Å²) in [6.45, 7) is 5.68. The number of nitrogens with zero attached hydrogens (tertiary/aromatic N) is 5. The van der Waals surface area contributed by atoms with E-state index in [0.717, 1.165) is 23.4 Å². The van der Waals surface area contributed by atoms with Gasteiger partial charge in [-0.15, -0.1) is 0 Å². The van der Waals surface area contributed by atoms with Gasteiger partial charge in [-0.2, -0.15) is 5.10 Å². The largest absolute Gasteiger partial charge is 0.375 e. The molecule has 2 aliphatic rings. The van der Waals surface area contributed by atoms with Crippen molar-refractivity contribution in [2.45, 2.75) is 44.7 Å². The molecule has 156 valence electrons. The Labute approximate surface area is 170 Å². The fourth-order valence-electron chi connectivity index (χ4n) is 4.67. The van der Waals surface area contributed by atoms with Crippen molar-refractivity contribution in [3.63, 3.8) is 0 Å². The number of rotatable bonds is 4. The monoisotopic (exact) mass is 400 g/mol. The lowest BCUT2D eigenvalue weighted by atomic mass is 9.78. The number of aromatic nitrogens is 4. The van der Waals surface area contributed by atoms with Crippen LogP contribution in [0.3, 0.4) is 0 Å². The Morgan fingerprint density at radius 3 is 2.72 bits per heavy atom. The number of aromatic amines is 1. The van der Waals surface area contributed by atoms with Crippen molar-refractivity contribution in [1.29, 1.82) is 0 Å². The minimum atomic E-state index is -0.481. The second-order valence-electron chi connectivity index (χ2n) is 7.99. The average molecular weight is 400 g/mol. The number of aryl methyl sites for hydroxylation is 1. The SMILES string of the molecule is COCC(=O)N1CCc2[nH]cnc2C12CCN(C(=O)[C@H](C)n1cc(C)cn1)CC2. The highest BCUT2D eigenvalue weighted by molar-refractivity contribution is 5.81. The Kier molecular flexibility index (Phi) is 5.16. The zero-order chi connectivity index (χ0) is 20.6. The minimum Gasteiger partial charge on any atom is -0.375 e. The van der Waals surface area contributed by atoms with E-state index in [0.29, 0.717) is 32.5 Å². The first-order chi connectivity index (χ1) is 14.0. The van der Waals surface area contributed by atoms with Crippen LogP contribution < -0.4 is 0 Å². The molecule has 0 radical (unpaired) electrons. The molecule has 0 unspecified atom stereocenters. The lowest BCUT2D eigenvalue weighted by Crippen LogP contribution is -2.59. The molecular formula is C20H28N6O3. The van der Waals surface area contributed by atoms with Crippen LogP contribution in [0.25, 0.3) is 0 Å². The van der Waals surface area contributed by atoms with E-state index in [1.165, 1.54) is 7.11 Å². The van der Waals surface area contributed by atoms with E-state index < -0.39 is 5.54 Å². The van der Waals surface area contributed by atoms with Crippen molar-refractivity contribution in [3.8, 4) is 0 Å². The number of amides is 2.